The van der Waals surface area contributed by atoms with Gasteiger partial charge in [0.1, 0.15) is 28.4 Å². The molecule has 0 bridgehead atoms. The number of hydrogen-bond acceptors (Lipinski definition) is 8. The first-order valence-electron chi connectivity index (χ1n) is 10.5. The van der Waals surface area contributed by atoms with Gasteiger partial charge in [0.25, 0.3) is 0 Å². The Kier molecular flexibility index (Phi) is 9.79. The Bertz CT molecular complexity index is 1210. The monoisotopic (exact) mass is 563 g/mol. The van der Waals surface area contributed by atoms with Crippen LogP contribution in [0.2, 0.25) is 10.0 Å². The predicted octanol–water partition coefficient (Wildman–Crippen LogP) is 4.39. The van der Waals surface area contributed by atoms with Crippen LogP contribution in [-0.2, 0) is 26.0 Å². The number of sulfonamides is 1. The number of nitrogens with one attached hydrogen (secondary N) is 2. The van der Waals surface area contributed by atoms with Gasteiger partial charge >= 0.3 is 5.97 Å². The maximum Gasteiger partial charge on any atom is 0.319 e. The van der Waals surface area contributed by atoms with Crippen LogP contribution >= 0.6 is 35.0 Å². The van der Waals surface area contributed by atoms with E-state index in [4.69, 9.17) is 27.9 Å². The second-order valence-corrected chi connectivity index (χ2v) is 11.3. The second-order valence-electron chi connectivity index (χ2n) is 7.59. The molecule has 2 aromatic carbocycles. The summed E-state index contributed by atoms with van der Waals surface area (Å²) < 4.78 is 53.1. The molecule has 1 aliphatic rings. The van der Waals surface area contributed by atoms with E-state index < -0.39 is 26.9 Å². The summed E-state index contributed by atoms with van der Waals surface area (Å²) in [4.78, 5) is 14.6. The van der Waals surface area contributed by atoms with Crippen LogP contribution in [0.5, 0.6) is 11.5 Å². The lowest BCUT2D eigenvalue weighted by molar-refractivity contribution is -0.139. The number of esters is 1. The SMILES string of the molecule is COC(=O)CNCCCc1cc(Cl)ccc1Oc1cc(F)c(S(=O)(=O)NC2N=CSC2C)cc1Cl. The smallest absolute Gasteiger partial charge is 0.319 e. The number of aryl methyl sites for hydroxylation is 1. The quantitative estimate of drug-likeness (QED) is 0.308. The van der Waals surface area contributed by atoms with Crippen LogP contribution in [0.25, 0.3) is 0 Å². The summed E-state index contributed by atoms with van der Waals surface area (Å²) >= 11 is 13.8. The highest BCUT2D eigenvalue weighted by Gasteiger charge is 2.29. The van der Waals surface area contributed by atoms with E-state index >= 15 is 0 Å². The molecule has 35 heavy (non-hydrogen) atoms. The lowest BCUT2D eigenvalue weighted by Crippen LogP contribution is -2.37. The Balaban J connectivity index is 1.74. The molecular weight excluding hydrogens is 540 g/mol. The highest BCUT2D eigenvalue weighted by atomic mass is 35.5. The molecule has 2 aromatic rings. The summed E-state index contributed by atoms with van der Waals surface area (Å²) in [5.41, 5.74) is 2.29. The third-order valence-electron chi connectivity index (χ3n) is 5.03. The maximum absolute atomic E-state index is 14.9. The first-order valence-corrected chi connectivity index (χ1v) is 13.7. The number of ether oxygens (including phenoxy) is 2. The molecule has 2 N–H and O–H groups in total. The van der Waals surface area contributed by atoms with E-state index in [9.17, 15) is 17.6 Å². The number of carbonyl (C=O) groups excluding carboxylic acids is 1. The molecule has 0 aliphatic carbocycles. The molecule has 2 atom stereocenters. The minimum absolute atomic E-state index is 0.0432. The fraction of sp³-hybridized carbons (Fsp3) is 0.364. The van der Waals surface area contributed by atoms with Crippen molar-refractivity contribution in [2.24, 2.45) is 4.99 Å². The van der Waals surface area contributed by atoms with Gasteiger partial charge < -0.3 is 14.8 Å². The van der Waals surface area contributed by atoms with Crippen molar-refractivity contribution in [3.05, 3.63) is 51.8 Å². The van der Waals surface area contributed by atoms with Crippen LogP contribution in [0, 0.1) is 5.82 Å². The Labute approximate surface area is 217 Å². The highest BCUT2D eigenvalue weighted by molar-refractivity contribution is 8.12. The average molecular weight is 564 g/mol. The summed E-state index contributed by atoms with van der Waals surface area (Å²) in [6, 6.07) is 6.90. The molecule has 0 saturated carbocycles. The number of halogens is 3. The normalized spacial score (nSPS) is 17.5. The lowest BCUT2D eigenvalue weighted by atomic mass is 10.1. The molecule has 0 spiro atoms. The summed E-state index contributed by atoms with van der Waals surface area (Å²) in [6.45, 7) is 2.45. The summed E-state index contributed by atoms with van der Waals surface area (Å²) in [7, 11) is -2.89. The van der Waals surface area contributed by atoms with Gasteiger partial charge in [0, 0.05) is 16.3 Å². The van der Waals surface area contributed by atoms with Crippen LogP contribution in [0.1, 0.15) is 18.9 Å². The van der Waals surface area contributed by atoms with Crippen molar-refractivity contribution in [2.45, 2.75) is 36.1 Å². The van der Waals surface area contributed by atoms with Gasteiger partial charge in [0.15, 0.2) is 0 Å². The van der Waals surface area contributed by atoms with E-state index in [2.05, 4.69) is 19.8 Å². The highest BCUT2D eigenvalue weighted by Crippen LogP contribution is 2.36. The Morgan fingerprint density at radius 2 is 2.00 bits per heavy atom. The second kappa shape index (κ2) is 12.4. The third-order valence-corrected chi connectivity index (χ3v) is 7.94. The molecule has 0 amide bonds. The van der Waals surface area contributed by atoms with Gasteiger partial charge in [-0.2, -0.15) is 4.72 Å². The Morgan fingerprint density at radius 1 is 1.23 bits per heavy atom. The average Bonchev–Trinajstić information content (AvgIpc) is 3.20. The standard InChI is InChI=1S/C22H24Cl2FN3O5S2/c1-13-22(27-12-34-13)28-35(30,31)20-9-16(24)19(10-17(20)25)33-18-6-5-15(23)8-14(18)4-3-7-26-11-21(29)32-2/h5-6,8-10,12-13,22,26,28H,3-4,7,11H2,1-2H3. The fourth-order valence-electron chi connectivity index (χ4n) is 3.16. The summed E-state index contributed by atoms with van der Waals surface area (Å²) in [5.74, 6) is -1.03. The van der Waals surface area contributed by atoms with Crippen molar-refractivity contribution >= 4 is 56.5 Å². The van der Waals surface area contributed by atoms with Crippen molar-refractivity contribution in [3.63, 3.8) is 0 Å². The van der Waals surface area contributed by atoms with Crippen LogP contribution in [0.4, 0.5) is 4.39 Å². The maximum atomic E-state index is 14.9. The van der Waals surface area contributed by atoms with Gasteiger partial charge in [-0.25, -0.2) is 12.8 Å². The van der Waals surface area contributed by atoms with Crippen molar-refractivity contribution < 1.29 is 27.1 Å². The number of thioether (sulfide) groups is 1. The van der Waals surface area contributed by atoms with Crippen molar-refractivity contribution in [1.82, 2.24) is 10.0 Å². The molecule has 0 aromatic heterocycles. The van der Waals surface area contributed by atoms with Gasteiger partial charge in [-0.05, 0) is 56.1 Å². The topological polar surface area (TPSA) is 106 Å². The number of methoxy groups -OCH3 is 1. The molecule has 0 radical (unpaired) electrons. The number of benzene rings is 2. The van der Waals surface area contributed by atoms with E-state index in [1.54, 1.807) is 23.7 Å². The molecule has 0 saturated heterocycles. The predicted molar refractivity (Wildman–Crippen MR) is 136 cm³/mol. The Hall–Kier alpha value is -1.89. The first-order chi connectivity index (χ1) is 16.6. The van der Waals surface area contributed by atoms with Crippen LogP contribution in [0.15, 0.2) is 40.2 Å². The van der Waals surface area contributed by atoms with Gasteiger partial charge in [0.2, 0.25) is 10.0 Å². The first kappa shape index (κ1) is 27.7. The minimum atomic E-state index is -4.21. The Morgan fingerprint density at radius 3 is 2.69 bits per heavy atom. The molecule has 0 fully saturated rings. The number of hydrogen-bond donors (Lipinski definition) is 2. The molecule has 3 rings (SSSR count). The van der Waals surface area contributed by atoms with Gasteiger partial charge in [-0.1, -0.05) is 23.2 Å². The summed E-state index contributed by atoms with van der Waals surface area (Å²) in [5, 5.41) is 3.25. The number of rotatable bonds is 11. The van der Waals surface area contributed by atoms with Crippen molar-refractivity contribution in [1.29, 1.82) is 0 Å². The van der Waals surface area contributed by atoms with E-state index in [1.807, 2.05) is 6.92 Å². The molecule has 8 nitrogen and oxygen atoms in total. The van der Waals surface area contributed by atoms with Gasteiger partial charge in [-0.15, -0.1) is 11.8 Å². The van der Waals surface area contributed by atoms with E-state index in [1.165, 1.54) is 18.9 Å². The summed E-state index contributed by atoms with van der Waals surface area (Å²) in [6.07, 6.45) is 0.496. The van der Waals surface area contributed by atoms with Crippen molar-refractivity contribution in [3.8, 4) is 11.5 Å². The lowest BCUT2D eigenvalue weighted by Gasteiger charge is -2.17. The van der Waals surface area contributed by atoms with Gasteiger partial charge in [-0.3, -0.25) is 9.79 Å². The fourth-order valence-corrected chi connectivity index (χ4v) is 5.69. The van der Waals surface area contributed by atoms with E-state index in [0.717, 1.165) is 17.7 Å². The molecule has 2 unspecified atom stereocenters. The van der Waals surface area contributed by atoms with E-state index in [-0.39, 0.29) is 28.5 Å². The zero-order valence-electron chi connectivity index (χ0n) is 18.9. The van der Waals surface area contributed by atoms with Crippen LogP contribution in [-0.4, -0.2) is 51.5 Å². The van der Waals surface area contributed by atoms with Crippen LogP contribution < -0.4 is 14.8 Å². The largest absolute Gasteiger partial charge is 0.468 e. The third kappa shape index (κ3) is 7.55. The van der Waals surface area contributed by atoms with Crippen molar-refractivity contribution in [2.75, 3.05) is 20.2 Å². The molecule has 1 aliphatic heterocycles. The molecule has 1 heterocycles. The van der Waals surface area contributed by atoms with Gasteiger partial charge in [0.05, 0.1) is 24.2 Å². The zero-order valence-corrected chi connectivity index (χ0v) is 22.0. The van der Waals surface area contributed by atoms with Crippen LogP contribution in [0.3, 0.4) is 0 Å². The molecular formula is C22H24Cl2FN3O5S2. The van der Waals surface area contributed by atoms with E-state index in [0.29, 0.717) is 30.2 Å². The molecule has 13 heteroatoms. The minimum Gasteiger partial charge on any atom is -0.468 e. The number of nitrogens with zero attached hydrogens (tertiary/aromatic N) is 1. The zero-order chi connectivity index (χ0) is 25.6. The molecule has 190 valence electrons. The number of carbonyl (C=O) groups is 1. The number of aliphatic imine (C=N–C) groups is 1.